The number of amides is 2. The second kappa shape index (κ2) is 10.3. The highest BCUT2D eigenvalue weighted by Crippen LogP contribution is 2.38. The molecule has 1 unspecified atom stereocenters. The van der Waals surface area contributed by atoms with E-state index in [4.69, 9.17) is 4.74 Å². The molecular weight excluding hydrogens is 647 g/mol. The highest BCUT2D eigenvalue weighted by molar-refractivity contribution is 14.1. The molecule has 0 radical (unpaired) electrons. The van der Waals surface area contributed by atoms with Crippen molar-refractivity contribution in [1.29, 1.82) is 0 Å². The molecule has 1 aromatic heterocycles. The molecule has 35 heavy (non-hydrogen) atoms. The van der Waals surface area contributed by atoms with Crippen LogP contribution in [0.2, 0.25) is 0 Å². The largest absolute Gasteiger partial charge is 0.378 e. The number of alkyl halides is 2. The lowest BCUT2D eigenvalue weighted by molar-refractivity contribution is -0.384. The summed E-state index contributed by atoms with van der Waals surface area (Å²) in [5.41, 5.74) is -0.801. The van der Waals surface area contributed by atoms with E-state index in [1.165, 1.54) is 29.4 Å². The Balaban J connectivity index is 1.66. The first kappa shape index (κ1) is 25.6. The van der Waals surface area contributed by atoms with Crippen LogP contribution < -0.4 is 5.32 Å². The van der Waals surface area contributed by atoms with Crippen molar-refractivity contribution in [3.63, 3.8) is 0 Å². The number of carbonyl (C=O) groups is 2. The van der Waals surface area contributed by atoms with Crippen LogP contribution in [-0.4, -0.2) is 82.9 Å². The van der Waals surface area contributed by atoms with Gasteiger partial charge < -0.3 is 19.9 Å². The van der Waals surface area contributed by atoms with Crippen molar-refractivity contribution in [3.8, 4) is 0 Å². The fraction of sp³-hybridized carbons (Fsp3) is 0.381. The summed E-state index contributed by atoms with van der Waals surface area (Å²) in [5.74, 6) is -4.58. The van der Waals surface area contributed by atoms with E-state index >= 15 is 8.78 Å². The Labute approximate surface area is 220 Å². The number of pyridine rings is 1. The van der Waals surface area contributed by atoms with Gasteiger partial charge in [-0.2, -0.15) is 0 Å². The van der Waals surface area contributed by atoms with Crippen LogP contribution in [0.4, 0.5) is 20.2 Å². The predicted octanol–water partition coefficient (Wildman–Crippen LogP) is 3.40. The van der Waals surface area contributed by atoms with Crippen LogP contribution >= 0.6 is 38.5 Å². The summed E-state index contributed by atoms with van der Waals surface area (Å²) in [6.07, 6.45) is 2.82. The molecule has 0 saturated carbocycles. The lowest BCUT2D eigenvalue weighted by atomic mass is 10.1. The van der Waals surface area contributed by atoms with Crippen molar-refractivity contribution >= 4 is 61.7 Å². The van der Waals surface area contributed by atoms with E-state index in [-0.39, 0.29) is 34.4 Å². The smallest absolute Gasteiger partial charge is 0.294 e. The Morgan fingerprint density at radius 2 is 1.91 bits per heavy atom. The first-order chi connectivity index (χ1) is 16.6. The number of ether oxygens (including phenoxy) is 1. The highest BCUT2D eigenvalue weighted by Gasteiger charge is 2.50. The van der Waals surface area contributed by atoms with Crippen molar-refractivity contribution < 1.29 is 28.0 Å². The van der Waals surface area contributed by atoms with E-state index in [1.807, 2.05) is 22.6 Å². The zero-order valence-corrected chi connectivity index (χ0v) is 21.8. The molecule has 2 fully saturated rings. The maximum atomic E-state index is 15.0. The number of hydrogen-bond acceptors (Lipinski definition) is 7. The molecule has 2 aromatic rings. The SMILES string of the molecule is O=C(c1cncc(I)c1)N1CC(Nc2c(C(=O)N3CCOCC3)cc(Br)cc2[N+](=O)[O-])C(F)(F)C1. The van der Waals surface area contributed by atoms with Gasteiger partial charge in [0.25, 0.3) is 23.4 Å². The molecule has 1 aromatic carbocycles. The minimum atomic E-state index is -3.41. The minimum Gasteiger partial charge on any atom is -0.378 e. The standard InChI is InChI=1S/C21H19BrF2IN5O5/c22-13-6-15(20(32)28-1-3-35-4-2-28)18(16(7-13)30(33)34)27-17-10-29(11-21(17,23)24)19(31)12-5-14(25)9-26-8-12/h5-9,17,27H,1-4,10-11H2. The summed E-state index contributed by atoms with van der Waals surface area (Å²) < 4.78 is 36.2. The van der Waals surface area contributed by atoms with Gasteiger partial charge in [-0.15, -0.1) is 0 Å². The van der Waals surface area contributed by atoms with Gasteiger partial charge in [-0.3, -0.25) is 24.7 Å². The number of halogens is 4. The number of nitrogens with one attached hydrogen (secondary N) is 1. The van der Waals surface area contributed by atoms with Crippen molar-refractivity contribution in [2.45, 2.75) is 12.0 Å². The molecule has 0 bridgehead atoms. The van der Waals surface area contributed by atoms with Gasteiger partial charge in [0, 0.05) is 46.1 Å². The molecule has 3 heterocycles. The van der Waals surface area contributed by atoms with Crippen LogP contribution in [0.25, 0.3) is 0 Å². The molecule has 2 aliphatic heterocycles. The summed E-state index contributed by atoms with van der Waals surface area (Å²) in [5, 5.41) is 14.3. The number of nitro benzene ring substituents is 1. The van der Waals surface area contributed by atoms with Crippen LogP contribution in [0.5, 0.6) is 0 Å². The van der Waals surface area contributed by atoms with Gasteiger partial charge in [0.2, 0.25) is 0 Å². The van der Waals surface area contributed by atoms with Gasteiger partial charge in [-0.1, -0.05) is 15.9 Å². The maximum Gasteiger partial charge on any atom is 0.294 e. The quantitative estimate of drug-likeness (QED) is 0.296. The fourth-order valence-electron chi connectivity index (χ4n) is 3.97. The average Bonchev–Trinajstić information content (AvgIpc) is 3.13. The number of carbonyl (C=O) groups excluding carboxylic acids is 2. The summed E-state index contributed by atoms with van der Waals surface area (Å²) in [4.78, 5) is 43.4. The number of morpholine rings is 1. The van der Waals surface area contributed by atoms with Crippen molar-refractivity contribution in [1.82, 2.24) is 14.8 Å². The van der Waals surface area contributed by atoms with E-state index in [2.05, 4.69) is 26.2 Å². The lowest BCUT2D eigenvalue weighted by Gasteiger charge is -2.28. The number of benzene rings is 1. The predicted molar refractivity (Wildman–Crippen MR) is 133 cm³/mol. The third-order valence-electron chi connectivity index (χ3n) is 5.68. The Kier molecular flexibility index (Phi) is 7.51. The summed E-state index contributed by atoms with van der Waals surface area (Å²) in [7, 11) is 0. The molecule has 0 spiro atoms. The average molecular weight is 666 g/mol. The van der Waals surface area contributed by atoms with Crippen LogP contribution in [0.1, 0.15) is 20.7 Å². The zero-order chi connectivity index (χ0) is 25.3. The molecule has 0 aliphatic carbocycles. The third-order valence-corrected chi connectivity index (χ3v) is 6.73. The monoisotopic (exact) mass is 665 g/mol. The van der Waals surface area contributed by atoms with Gasteiger partial charge in [-0.25, -0.2) is 8.78 Å². The molecule has 14 heteroatoms. The lowest BCUT2D eigenvalue weighted by Crippen LogP contribution is -2.42. The third kappa shape index (κ3) is 5.53. The fourth-order valence-corrected chi connectivity index (χ4v) is 4.91. The second-order valence-electron chi connectivity index (χ2n) is 8.04. The Morgan fingerprint density at radius 1 is 1.20 bits per heavy atom. The normalized spacial score (nSPS) is 19.5. The molecule has 4 rings (SSSR count). The van der Waals surface area contributed by atoms with Crippen LogP contribution in [0.3, 0.4) is 0 Å². The molecule has 1 N–H and O–H groups in total. The first-order valence-corrected chi connectivity index (χ1v) is 12.3. The van der Waals surface area contributed by atoms with Crippen molar-refractivity contribution in [2.24, 2.45) is 0 Å². The van der Waals surface area contributed by atoms with Gasteiger partial charge in [0.05, 0.1) is 35.8 Å². The summed E-state index contributed by atoms with van der Waals surface area (Å²) in [6.45, 7) is -0.165. The number of nitro groups is 1. The maximum absolute atomic E-state index is 15.0. The summed E-state index contributed by atoms with van der Waals surface area (Å²) in [6, 6.07) is 2.39. The topological polar surface area (TPSA) is 118 Å². The van der Waals surface area contributed by atoms with Gasteiger partial charge in [-0.05, 0) is 34.7 Å². The Hall–Kier alpha value is -2.46. The molecule has 2 aliphatic rings. The van der Waals surface area contributed by atoms with E-state index in [9.17, 15) is 19.7 Å². The van der Waals surface area contributed by atoms with E-state index in [0.29, 0.717) is 16.8 Å². The summed E-state index contributed by atoms with van der Waals surface area (Å²) >= 11 is 5.13. The van der Waals surface area contributed by atoms with Crippen molar-refractivity contribution in [3.05, 3.63) is 59.9 Å². The Bertz CT molecular complexity index is 1180. The number of hydrogen-bond donors (Lipinski definition) is 1. The Morgan fingerprint density at radius 3 is 2.57 bits per heavy atom. The second-order valence-corrected chi connectivity index (χ2v) is 10.2. The number of aromatic nitrogens is 1. The molecule has 2 saturated heterocycles. The first-order valence-electron chi connectivity index (χ1n) is 10.5. The molecule has 10 nitrogen and oxygen atoms in total. The van der Waals surface area contributed by atoms with Crippen LogP contribution in [0, 0.1) is 13.7 Å². The van der Waals surface area contributed by atoms with Gasteiger partial charge >= 0.3 is 0 Å². The van der Waals surface area contributed by atoms with E-state index < -0.39 is 47.5 Å². The molecule has 1 atom stereocenters. The highest BCUT2D eigenvalue weighted by atomic mass is 127. The van der Waals surface area contributed by atoms with Gasteiger partial charge in [0.1, 0.15) is 11.7 Å². The molecular formula is C21H19BrF2IN5O5. The van der Waals surface area contributed by atoms with Crippen LogP contribution in [-0.2, 0) is 4.74 Å². The number of rotatable bonds is 5. The van der Waals surface area contributed by atoms with E-state index in [0.717, 1.165) is 11.0 Å². The number of likely N-dealkylation sites (tertiary alicyclic amines) is 1. The molecule has 186 valence electrons. The van der Waals surface area contributed by atoms with Crippen molar-refractivity contribution in [2.75, 3.05) is 44.7 Å². The molecule has 2 amide bonds. The van der Waals surface area contributed by atoms with E-state index in [1.54, 1.807) is 0 Å². The van der Waals surface area contributed by atoms with Crippen LogP contribution in [0.15, 0.2) is 35.1 Å². The number of nitrogens with zero attached hydrogens (tertiary/aromatic N) is 4. The van der Waals surface area contributed by atoms with Gasteiger partial charge in [0.15, 0.2) is 0 Å². The number of anilines is 1. The zero-order valence-electron chi connectivity index (χ0n) is 18.0. The minimum absolute atomic E-state index is 0.115.